The highest BCUT2D eigenvalue weighted by atomic mass is 35.5. The number of carbonyl (C=O) groups excluding carboxylic acids is 3. The van der Waals surface area contributed by atoms with Crippen molar-refractivity contribution in [2.45, 2.75) is 39.2 Å². The Balaban J connectivity index is 1.84. The molecule has 7 nitrogen and oxygen atoms in total. The SMILES string of the molecule is COc1ccnc(C(=O)C[C@@H](C)C(=O)O[C@@H](C)C(c2ccc(F)c(Cl)c2)c2ccc(F)c(Cl)c2)c1OC(C)=O. The molecular weight excluding hydrogens is 555 g/mol. The van der Waals surface area contributed by atoms with E-state index in [2.05, 4.69) is 4.98 Å². The average Bonchev–Trinajstić information content (AvgIpc) is 2.88. The Hall–Kier alpha value is -3.56. The summed E-state index contributed by atoms with van der Waals surface area (Å²) in [6.07, 6.45) is 0.149. The van der Waals surface area contributed by atoms with Gasteiger partial charge in [-0.15, -0.1) is 0 Å². The van der Waals surface area contributed by atoms with Crippen molar-refractivity contribution in [1.29, 1.82) is 0 Å². The minimum Gasteiger partial charge on any atom is -0.493 e. The van der Waals surface area contributed by atoms with Crippen molar-refractivity contribution >= 4 is 40.9 Å². The Morgan fingerprint density at radius 2 is 1.51 bits per heavy atom. The topological polar surface area (TPSA) is 91.8 Å². The molecule has 0 aliphatic heterocycles. The summed E-state index contributed by atoms with van der Waals surface area (Å²) in [6.45, 7) is 4.27. The number of ketones is 1. The first-order chi connectivity index (χ1) is 18.4. The van der Waals surface area contributed by atoms with E-state index in [4.69, 9.17) is 37.4 Å². The van der Waals surface area contributed by atoms with Gasteiger partial charge >= 0.3 is 11.9 Å². The summed E-state index contributed by atoms with van der Waals surface area (Å²) in [7, 11) is 1.34. The van der Waals surface area contributed by atoms with Crippen molar-refractivity contribution < 1.29 is 37.4 Å². The van der Waals surface area contributed by atoms with Crippen LogP contribution in [0.4, 0.5) is 8.78 Å². The second-order valence-electron chi connectivity index (χ2n) is 8.78. The maximum absolute atomic E-state index is 13.8. The molecule has 0 fully saturated rings. The highest BCUT2D eigenvalue weighted by Crippen LogP contribution is 2.35. The number of esters is 2. The summed E-state index contributed by atoms with van der Waals surface area (Å²) >= 11 is 12.0. The Morgan fingerprint density at radius 1 is 0.949 bits per heavy atom. The van der Waals surface area contributed by atoms with Gasteiger partial charge in [-0.25, -0.2) is 13.8 Å². The minimum atomic E-state index is -0.924. The van der Waals surface area contributed by atoms with E-state index in [1.807, 2.05) is 0 Å². The van der Waals surface area contributed by atoms with Crippen LogP contribution in [0.25, 0.3) is 0 Å². The van der Waals surface area contributed by atoms with Gasteiger partial charge in [-0.3, -0.25) is 14.4 Å². The molecule has 0 bridgehead atoms. The van der Waals surface area contributed by atoms with Crippen LogP contribution in [0.1, 0.15) is 54.7 Å². The number of benzene rings is 2. The lowest BCUT2D eigenvalue weighted by Gasteiger charge is -2.26. The largest absolute Gasteiger partial charge is 0.493 e. The first-order valence-electron chi connectivity index (χ1n) is 11.8. The number of rotatable bonds is 10. The van der Waals surface area contributed by atoms with Gasteiger partial charge in [0.05, 0.1) is 23.1 Å². The molecule has 0 amide bonds. The van der Waals surface area contributed by atoms with Gasteiger partial charge in [0.1, 0.15) is 17.7 Å². The fourth-order valence-corrected chi connectivity index (χ4v) is 4.38. The summed E-state index contributed by atoms with van der Waals surface area (Å²) < 4.78 is 43.7. The number of pyridine rings is 1. The highest BCUT2D eigenvalue weighted by Gasteiger charge is 2.30. The summed E-state index contributed by atoms with van der Waals surface area (Å²) in [5.74, 6) is -4.85. The van der Waals surface area contributed by atoms with E-state index in [0.717, 1.165) is 0 Å². The van der Waals surface area contributed by atoms with Gasteiger partial charge in [0, 0.05) is 31.5 Å². The number of methoxy groups -OCH3 is 1. The molecule has 0 aliphatic carbocycles. The predicted molar refractivity (Wildman–Crippen MR) is 140 cm³/mol. The first-order valence-corrected chi connectivity index (χ1v) is 12.5. The van der Waals surface area contributed by atoms with E-state index in [1.165, 1.54) is 69.6 Å². The maximum Gasteiger partial charge on any atom is 0.309 e. The number of ether oxygens (including phenoxy) is 3. The molecule has 2 atom stereocenters. The normalized spacial score (nSPS) is 12.5. The van der Waals surface area contributed by atoms with Gasteiger partial charge < -0.3 is 14.2 Å². The quantitative estimate of drug-likeness (QED) is 0.198. The van der Waals surface area contributed by atoms with Gasteiger partial charge in [0.2, 0.25) is 5.75 Å². The van der Waals surface area contributed by atoms with Crippen LogP contribution in [0.5, 0.6) is 11.5 Å². The second kappa shape index (κ2) is 13.0. The van der Waals surface area contributed by atoms with E-state index in [9.17, 15) is 23.2 Å². The van der Waals surface area contributed by atoms with Crippen LogP contribution in [-0.2, 0) is 14.3 Å². The number of hydrogen-bond acceptors (Lipinski definition) is 7. The molecule has 0 unspecified atom stereocenters. The number of nitrogens with zero attached hydrogens (tertiary/aromatic N) is 1. The monoisotopic (exact) mass is 579 g/mol. The number of halogens is 4. The molecule has 0 spiro atoms. The number of hydrogen-bond donors (Lipinski definition) is 0. The molecule has 0 N–H and O–H groups in total. The third-order valence-electron chi connectivity index (χ3n) is 5.87. The fraction of sp³-hybridized carbons (Fsp3) is 0.286. The predicted octanol–water partition coefficient (Wildman–Crippen LogP) is 6.57. The zero-order valence-electron chi connectivity index (χ0n) is 21.5. The standard InChI is InChI=1S/C28H25Cl2F2NO6/c1-14(11-23(35)26-27(39-16(3)34)24(37-4)9-10-33-26)28(36)38-15(2)25(17-5-7-21(31)19(29)12-17)18-6-8-22(32)20(30)13-18/h5-10,12-15,25H,11H2,1-4H3/t14-,15+/m1/s1. The lowest BCUT2D eigenvalue weighted by Crippen LogP contribution is -2.28. The van der Waals surface area contributed by atoms with Gasteiger partial charge in [-0.1, -0.05) is 42.3 Å². The van der Waals surface area contributed by atoms with Gasteiger partial charge in [-0.05, 0) is 42.3 Å². The van der Waals surface area contributed by atoms with Crippen LogP contribution in [0.3, 0.4) is 0 Å². The summed E-state index contributed by atoms with van der Waals surface area (Å²) in [6, 6.07) is 9.51. The summed E-state index contributed by atoms with van der Waals surface area (Å²) in [5, 5.41) is -0.282. The third-order valence-corrected chi connectivity index (χ3v) is 6.45. The highest BCUT2D eigenvalue weighted by molar-refractivity contribution is 6.31. The third kappa shape index (κ3) is 7.30. The Morgan fingerprint density at radius 3 is 2.00 bits per heavy atom. The summed E-state index contributed by atoms with van der Waals surface area (Å²) in [5.41, 5.74) is 0.830. The molecule has 2 aromatic carbocycles. The molecule has 0 aliphatic rings. The van der Waals surface area contributed by atoms with Crippen molar-refractivity contribution in [3.63, 3.8) is 0 Å². The molecule has 3 rings (SSSR count). The van der Waals surface area contributed by atoms with Crippen LogP contribution in [-0.4, -0.2) is 35.9 Å². The molecule has 0 saturated carbocycles. The van der Waals surface area contributed by atoms with Crippen molar-refractivity contribution in [3.05, 3.63) is 87.2 Å². The number of Topliss-reactive ketones (excluding diaryl/α,β-unsaturated/α-hetero) is 1. The minimum absolute atomic E-state index is 0.131. The van der Waals surface area contributed by atoms with E-state index < -0.39 is 47.3 Å². The fourth-order valence-electron chi connectivity index (χ4n) is 4.00. The Bertz CT molecular complexity index is 1350. The van der Waals surface area contributed by atoms with Crippen LogP contribution in [0.15, 0.2) is 48.7 Å². The number of carbonyl (C=O) groups is 3. The van der Waals surface area contributed by atoms with Crippen LogP contribution < -0.4 is 9.47 Å². The molecule has 1 aromatic heterocycles. The van der Waals surface area contributed by atoms with Crippen molar-refractivity contribution in [2.24, 2.45) is 5.92 Å². The molecule has 1 heterocycles. The smallest absolute Gasteiger partial charge is 0.309 e. The first kappa shape index (κ1) is 30.0. The van der Waals surface area contributed by atoms with Crippen LogP contribution in [0.2, 0.25) is 10.0 Å². The second-order valence-corrected chi connectivity index (χ2v) is 9.59. The van der Waals surface area contributed by atoms with Crippen molar-refractivity contribution in [2.75, 3.05) is 7.11 Å². The molecule has 39 heavy (non-hydrogen) atoms. The molecular formula is C28H25Cl2F2NO6. The van der Waals surface area contributed by atoms with E-state index >= 15 is 0 Å². The van der Waals surface area contributed by atoms with Crippen LogP contribution >= 0.6 is 23.2 Å². The van der Waals surface area contributed by atoms with Gasteiger partial charge in [-0.2, -0.15) is 0 Å². The molecule has 3 aromatic rings. The molecule has 0 saturated heterocycles. The zero-order valence-corrected chi connectivity index (χ0v) is 23.0. The lowest BCUT2D eigenvalue weighted by molar-refractivity contribution is -0.153. The van der Waals surface area contributed by atoms with Crippen molar-refractivity contribution in [1.82, 2.24) is 4.98 Å². The zero-order chi connectivity index (χ0) is 28.9. The van der Waals surface area contributed by atoms with Gasteiger partial charge in [0.15, 0.2) is 17.2 Å². The Labute approximate surface area is 234 Å². The number of aromatic nitrogens is 1. The van der Waals surface area contributed by atoms with E-state index in [1.54, 1.807) is 6.92 Å². The van der Waals surface area contributed by atoms with Gasteiger partial charge in [0.25, 0.3) is 0 Å². The van der Waals surface area contributed by atoms with E-state index in [0.29, 0.717) is 11.1 Å². The summed E-state index contributed by atoms with van der Waals surface area (Å²) in [4.78, 5) is 41.6. The Kier molecular flexibility index (Phi) is 9.99. The lowest BCUT2D eigenvalue weighted by atomic mass is 9.87. The van der Waals surface area contributed by atoms with Crippen molar-refractivity contribution in [3.8, 4) is 11.5 Å². The van der Waals surface area contributed by atoms with Crippen LogP contribution in [0, 0.1) is 17.6 Å². The molecule has 206 valence electrons. The molecule has 0 radical (unpaired) electrons. The molecule has 11 heteroatoms. The van der Waals surface area contributed by atoms with E-state index in [-0.39, 0.29) is 33.7 Å². The maximum atomic E-state index is 13.8. The average molecular weight is 580 g/mol.